The average molecular weight is 353 g/mol. The van der Waals surface area contributed by atoms with Gasteiger partial charge in [-0.25, -0.2) is 4.98 Å². The van der Waals surface area contributed by atoms with E-state index < -0.39 is 0 Å². The Balaban J connectivity index is 1.66. The van der Waals surface area contributed by atoms with Crippen molar-refractivity contribution in [3.63, 3.8) is 0 Å². The van der Waals surface area contributed by atoms with Crippen LogP contribution in [-0.4, -0.2) is 9.97 Å². The molecule has 0 aliphatic carbocycles. The Labute approximate surface area is 150 Å². The van der Waals surface area contributed by atoms with Gasteiger partial charge in [0, 0.05) is 28.2 Å². The summed E-state index contributed by atoms with van der Waals surface area (Å²) in [6, 6.07) is 20.2. The normalized spacial score (nSPS) is 11.1. The Hall–Kier alpha value is -2.29. The molecular formula is C20H14Cl2N2. The molecule has 0 bridgehead atoms. The number of aromatic nitrogens is 2. The standard InChI is InChI=1S/C20H14Cl2N2/c21-17-6-3-7-18(22)16(17)11-20-23-12-19(24-20)15-9-8-13-4-1-2-5-14(13)10-15/h1-10,12H,11H2,(H,23,24). The Bertz CT molecular complexity index is 1000. The Morgan fingerprint density at radius 2 is 1.58 bits per heavy atom. The van der Waals surface area contributed by atoms with Gasteiger partial charge in [-0.1, -0.05) is 65.7 Å². The lowest BCUT2D eigenvalue weighted by atomic mass is 10.1. The molecule has 1 N–H and O–H groups in total. The van der Waals surface area contributed by atoms with Crippen LogP contribution in [0.1, 0.15) is 11.4 Å². The van der Waals surface area contributed by atoms with Gasteiger partial charge in [0.1, 0.15) is 5.82 Å². The number of imidazole rings is 1. The molecule has 4 rings (SSSR count). The lowest BCUT2D eigenvalue weighted by Crippen LogP contribution is -1.93. The SMILES string of the molecule is Clc1cccc(Cl)c1Cc1nc(-c2ccc3ccccc3c2)c[nH]1. The van der Waals surface area contributed by atoms with Crippen LogP contribution < -0.4 is 0 Å². The summed E-state index contributed by atoms with van der Waals surface area (Å²) in [5.41, 5.74) is 2.89. The Kier molecular flexibility index (Phi) is 4.01. The van der Waals surface area contributed by atoms with Gasteiger partial charge in [0.2, 0.25) is 0 Å². The molecule has 4 aromatic rings. The summed E-state index contributed by atoms with van der Waals surface area (Å²) in [6.45, 7) is 0. The number of H-pyrrole nitrogens is 1. The molecule has 2 nitrogen and oxygen atoms in total. The van der Waals surface area contributed by atoms with E-state index in [0.29, 0.717) is 16.5 Å². The quantitative estimate of drug-likeness (QED) is 0.472. The van der Waals surface area contributed by atoms with Gasteiger partial charge in [-0.15, -0.1) is 0 Å². The van der Waals surface area contributed by atoms with Crippen LogP contribution in [0, 0.1) is 0 Å². The molecule has 1 aromatic heterocycles. The van der Waals surface area contributed by atoms with E-state index in [1.807, 2.05) is 36.5 Å². The summed E-state index contributed by atoms with van der Waals surface area (Å²) in [7, 11) is 0. The number of nitrogens with zero attached hydrogens (tertiary/aromatic N) is 1. The number of aromatic amines is 1. The van der Waals surface area contributed by atoms with Crippen molar-refractivity contribution in [1.82, 2.24) is 9.97 Å². The third-order valence-electron chi connectivity index (χ3n) is 4.08. The molecule has 24 heavy (non-hydrogen) atoms. The highest BCUT2D eigenvalue weighted by Crippen LogP contribution is 2.27. The maximum atomic E-state index is 6.24. The number of halogens is 2. The summed E-state index contributed by atoms with van der Waals surface area (Å²) in [5.74, 6) is 0.841. The van der Waals surface area contributed by atoms with Crippen molar-refractivity contribution in [2.75, 3.05) is 0 Å². The first-order valence-corrected chi connectivity index (χ1v) is 8.42. The number of nitrogens with one attached hydrogen (secondary N) is 1. The molecule has 0 saturated heterocycles. The van der Waals surface area contributed by atoms with Gasteiger partial charge in [-0.05, 0) is 34.5 Å². The predicted octanol–water partition coefficient (Wildman–Crippen LogP) is 6.13. The maximum Gasteiger partial charge on any atom is 0.111 e. The van der Waals surface area contributed by atoms with Gasteiger partial charge in [0.25, 0.3) is 0 Å². The van der Waals surface area contributed by atoms with E-state index in [1.54, 1.807) is 0 Å². The minimum absolute atomic E-state index is 0.575. The van der Waals surface area contributed by atoms with Crippen LogP contribution in [0.2, 0.25) is 10.0 Å². The van der Waals surface area contributed by atoms with Crippen LogP contribution in [0.4, 0.5) is 0 Å². The number of rotatable bonds is 3. The van der Waals surface area contributed by atoms with Gasteiger partial charge in [-0.2, -0.15) is 0 Å². The average Bonchev–Trinajstić information content (AvgIpc) is 3.06. The highest BCUT2D eigenvalue weighted by atomic mass is 35.5. The third kappa shape index (κ3) is 2.91. The fourth-order valence-corrected chi connectivity index (χ4v) is 3.35. The molecule has 0 unspecified atom stereocenters. The monoisotopic (exact) mass is 352 g/mol. The predicted molar refractivity (Wildman–Crippen MR) is 101 cm³/mol. The minimum Gasteiger partial charge on any atom is -0.348 e. The van der Waals surface area contributed by atoms with E-state index in [-0.39, 0.29) is 0 Å². The second-order valence-electron chi connectivity index (χ2n) is 5.67. The highest BCUT2D eigenvalue weighted by molar-refractivity contribution is 6.36. The van der Waals surface area contributed by atoms with Gasteiger partial charge < -0.3 is 4.98 Å². The van der Waals surface area contributed by atoms with Crippen molar-refractivity contribution in [2.45, 2.75) is 6.42 Å². The molecule has 1 heterocycles. The van der Waals surface area contributed by atoms with Gasteiger partial charge in [-0.3, -0.25) is 0 Å². The molecule has 4 heteroatoms. The summed E-state index contributed by atoms with van der Waals surface area (Å²) in [6.07, 6.45) is 2.50. The largest absolute Gasteiger partial charge is 0.348 e. The smallest absolute Gasteiger partial charge is 0.111 e. The van der Waals surface area contributed by atoms with Crippen molar-refractivity contribution in [2.24, 2.45) is 0 Å². The second-order valence-corrected chi connectivity index (χ2v) is 6.49. The summed E-state index contributed by atoms with van der Waals surface area (Å²) in [4.78, 5) is 7.92. The molecule has 0 aliphatic heterocycles. The summed E-state index contributed by atoms with van der Waals surface area (Å²) in [5, 5.41) is 3.74. The fraction of sp³-hybridized carbons (Fsp3) is 0.0500. The van der Waals surface area contributed by atoms with E-state index in [9.17, 15) is 0 Å². The summed E-state index contributed by atoms with van der Waals surface area (Å²) >= 11 is 12.5. The molecule has 0 aliphatic rings. The maximum absolute atomic E-state index is 6.24. The lowest BCUT2D eigenvalue weighted by molar-refractivity contribution is 1.03. The Morgan fingerprint density at radius 1 is 0.833 bits per heavy atom. The zero-order valence-electron chi connectivity index (χ0n) is 12.8. The summed E-state index contributed by atoms with van der Waals surface area (Å²) < 4.78 is 0. The molecule has 0 atom stereocenters. The van der Waals surface area contributed by atoms with Crippen LogP contribution in [0.15, 0.2) is 66.9 Å². The second kappa shape index (κ2) is 6.31. The van der Waals surface area contributed by atoms with Crippen LogP contribution in [0.5, 0.6) is 0 Å². The van der Waals surface area contributed by atoms with Crippen molar-refractivity contribution in [3.8, 4) is 11.3 Å². The number of benzene rings is 3. The molecule has 0 amide bonds. The zero-order valence-corrected chi connectivity index (χ0v) is 14.3. The molecule has 0 fully saturated rings. The molecule has 3 aromatic carbocycles. The number of fused-ring (bicyclic) bond motifs is 1. The number of hydrogen-bond acceptors (Lipinski definition) is 1. The van der Waals surface area contributed by atoms with Crippen molar-refractivity contribution >= 4 is 34.0 Å². The van der Waals surface area contributed by atoms with E-state index in [0.717, 1.165) is 22.6 Å². The van der Waals surface area contributed by atoms with Crippen LogP contribution in [0.25, 0.3) is 22.0 Å². The van der Waals surface area contributed by atoms with Crippen molar-refractivity contribution < 1.29 is 0 Å². The van der Waals surface area contributed by atoms with Crippen molar-refractivity contribution in [1.29, 1.82) is 0 Å². The van der Waals surface area contributed by atoms with E-state index in [4.69, 9.17) is 28.2 Å². The number of hydrogen-bond donors (Lipinski definition) is 1. The lowest BCUT2D eigenvalue weighted by Gasteiger charge is -2.04. The molecular weight excluding hydrogens is 339 g/mol. The van der Waals surface area contributed by atoms with Crippen LogP contribution in [-0.2, 0) is 6.42 Å². The molecule has 0 saturated carbocycles. The third-order valence-corrected chi connectivity index (χ3v) is 4.79. The molecule has 0 radical (unpaired) electrons. The molecule has 118 valence electrons. The van der Waals surface area contributed by atoms with Gasteiger partial charge in [0.15, 0.2) is 0 Å². The fourth-order valence-electron chi connectivity index (χ4n) is 2.82. The zero-order chi connectivity index (χ0) is 16.5. The van der Waals surface area contributed by atoms with E-state index in [1.165, 1.54) is 10.8 Å². The van der Waals surface area contributed by atoms with Gasteiger partial charge >= 0.3 is 0 Å². The Morgan fingerprint density at radius 3 is 2.38 bits per heavy atom. The first kappa shape index (κ1) is 15.3. The first-order valence-electron chi connectivity index (χ1n) is 7.67. The molecule has 0 spiro atoms. The minimum atomic E-state index is 0.575. The topological polar surface area (TPSA) is 28.7 Å². The van der Waals surface area contributed by atoms with E-state index in [2.05, 4.69) is 35.3 Å². The van der Waals surface area contributed by atoms with Gasteiger partial charge in [0.05, 0.1) is 5.69 Å². The van der Waals surface area contributed by atoms with E-state index >= 15 is 0 Å². The van der Waals surface area contributed by atoms with Crippen LogP contribution >= 0.6 is 23.2 Å². The highest BCUT2D eigenvalue weighted by Gasteiger charge is 2.10. The van der Waals surface area contributed by atoms with Crippen molar-refractivity contribution in [3.05, 3.63) is 88.3 Å². The van der Waals surface area contributed by atoms with Crippen LogP contribution in [0.3, 0.4) is 0 Å². The first-order chi connectivity index (χ1) is 11.7.